The van der Waals surface area contributed by atoms with E-state index in [1.54, 1.807) is 6.92 Å². The summed E-state index contributed by atoms with van der Waals surface area (Å²) >= 11 is 0. The molecular weight excluding hydrogens is 248 g/mol. The van der Waals surface area contributed by atoms with Crippen LogP contribution >= 0.6 is 0 Å². The van der Waals surface area contributed by atoms with Crippen LogP contribution in [0.4, 0.5) is 0 Å². The minimum atomic E-state index is -2.87. The van der Waals surface area contributed by atoms with Crippen LogP contribution in [0.1, 0.15) is 64.7 Å². The Hall–Kier alpha value is -0.0900. The van der Waals surface area contributed by atoms with Gasteiger partial charge in [0, 0.05) is 5.75 Å². The predicted octanol–water partition coefficient (Wildman–Crippen LogP) is 2.92. The Bertz CT molecular complexity index is 303. The largest absolute Gasteiger partial charge is 0.393 e. The van der Waals surface area contributed by atoms with Crippen molar-refractivity contribution < 1.29 is 13.5 Å². The Morgan fingerprint density at radius 1 is 1.17 bits per heavy atom. The van der Waals surface area contributed by atoms with Gasteiger partial charge in [0.05, 0.1) is 11.9 Å². The normalized spacial score (nSPS) is 20.6. The van der Waals surface area contributed by atoms with Crippen molar-refractivity contribution in [3.05, 3.63) is 0 Å². The number of hydrogen-bond donors (Lipinski definition) is 1. The first kappa shape index (κ1) is 16.0. The van der Waals surface area contributed by atoms with Crippen LogP contribution in [-0.2, 0) is 9.84 Å². The van der Waals surface area contributed by atoms with Gasteiger partial charge in [-0.05, 0) is 25.2 Å². The van der Waals surface area contributed by atoms with Gasteiger partial charge in [0.25, 0.3) is 0 Å². The fourth-order valence-electron chi connectivity index (χ4n) is 2.79. The van der Waals surface area contributed by atoms with Crippen molar-refractivity contribution in [2.24, 2.45) is 5.92 Å². The fraction of sp³-hybridized carbons (Fsp3) is 1.00. The molecule has 0 amide bonds. The summed E-state index contributed by atoms with van der Waals surface area (Å²) in [6, 6.07) is 0. The highest BCUT2D eigenvalue weighted by Gasteiger charge is 2.17. The summed E-state index contributed by atoms with van der Waals surface area (Å²) in [5, 5.41) is 9.97. The maximum absolute atomic E-state index is 11.3. The minimum absolute atomic E-state index is 0.214. The van der Waals surface area contributed by atoms with Crippen LogP contribution < -0.4 is 0 Å². The van der Waals surface area contributed by atoms with Gasteiger partial charge in [0.1, 0.15) is 9.84 Å². The lowest BCUT2D eigenvalue weighted by molar-refractivity contribution is 0.128. The molecule has 4 heteroatoms. The van der Waals surface area contributed by atoms with E-state index in [-0.39, 0.29) is 17.6 Å². The van der Waals surface area contributed by atoms with Crippen LogP contribution in [0.25, 0.3) is 0 Å². The molecule has 1 aliphatic rings. The molecule has 3 nitrogen and oxygen atoms in total. The molecule has 0 aromatic carbocycles. The van der Waals surface area contributed by atoms with E-state index in [4.69, 9.17) is 0 Å². The molecule has 0 bridgehead atoms. The minimum Gasteiger partial charge on any atom is -0.393 e. The molecule has 18 heavy (non-hydrogen) atoms. The molecule has 1 unspecified atom stereocenters. The topological polar surface area (TPSA) is 54.4 Å². The molecule has 0 aromatic heterocycles. The van der Waals surface area contributed by atoms with Crippen molar-refractivity contribution in [1.29, 1.82) is 0 Å². The summed E-state index contributed by atoms with van der Waals surface area (Å²) in [6.07, 6.45) is 9.53. The van der Waals surface area contributed by atoms with Crippen molar-refractivity contribution in [1.82, 2.24) is 0 Å². The lowest BCUT2D eigenvalue weighted by Crippen LogP contribution is -2.16. The molecule has 0 spiro atoms. The van der Waals surface area contributed by atoms with Crippen LogP contribution in [0, 0.1) is 5.92 Å². The molecule has 0 heterocycles. The summed E-state index contributed by atoms with van der Waals surface area (Å²) < 4.78 is 22.7. The predicted molar refractivity (Wildman–Crippen MR) is 75.4 cm³/mol. The van der Waals surface area contributed by atoms with Gasteiger partial charge in [-0.3, -0.25) is 0 Å². The zero-order valence-corrected chi connectivity index (χ0v) is 12.4. The molecule has 1 fully saturated rings. The van der Waals surface area contributed by atoms with Gasteiger partial charge in [-0.15, -0.1) is 0 Å². The molecule has 108 valence electrons. The number of aliphatic hydroxyl groups is 1. The number of rotatable bonds is 7. The van der Waals surface area contributed by atoms with E-state index in [9.17, 15) is 13.5 Å². The zero-order chi connectivity index (χ0) is 13.4. The van der Waals surface area contributed by atoms with Crippen molar-refractivity contribution in [2.45, 2.75) is 70.8 Å². The van der Waals surface area contributed by atoms with Gasteiger partial charge >= 0.3 is 0 Å². The Morgan fingerprint density at radius 3 is 2.33 bits per heavy atom. The second kappa shape index (κ2) is 8.16. The van der Waals surface area contributed by atoms with Gasteiger partial charge < -0.3 is 5.11 Å². The maximum Gasteiger partial charge on any atom is 0.150 e. The van der Waals surface area contributed by atoms with Crippen molar-refractivity contribution in [2.75, 3.05) is 11.5 Å². The molecular formula is C14H28O3S. The Labute approximate surface area is 112 Å². The average molecular weight is 276 g/mol. The molecule has 0 aliphatic heterocycles. The Balaban J connectivity index is 2.18. The first-order chi connectivity index (χ1) is 8.53. The maximum atomic E-state index is 11.3. The summed E-state index contributed by atoms with van der Waals surface area (Å²) in [4.78, 5) is 0. The molecule has 1 aliphatic carbocycles. The standard InChI is InChI=1S/C14H28O3S/c1-2-18(16,17)11-7-10-14(15)12-13-8-5-3-4-6-9-13/h13-15H,2-12H2,1H3. The van der Waals surface area contributed by atoms with E-state index in [0.717, 1.165) is 6.42 Å². The van der Waals surface area contributed by atoms with E-state index in [2.05, 4.69) is 0 Å². The second-order valence-electron chi connectivity index (χ2n) is 5.63. The van der Waals surface area contributed by atoms with E-state index in [0.29, 0.717) is 18.8 Å². The van der Waals surface area contributed by atoms with Gasteiger partial charge in [0.15, 0.2) is 0 Å². The molecule has 1 rings (SSSR count). The lowest BCUT2D eigenvalue weighted by Gasteiger charge is -2.18. The summed E-state index contributed by atoms with van der Waals surface area (Å²) in [5.74, 6) is 1.10. The molecule has 0 saturated heterocycles. The highest BCUT2D eigenvalue weighted by molar-refractivity contribution is 7.91. The monoisotopic (exact) mass is 276 g/mol. The Kier molecular flexibility index (Phi) is 7.23. The van der Waals surface area contributed by atoms with Crippen molar-refractivity contribution >= 4 is 9.84 Å². The van der Waals surface area contributed by atoms with Gasteiger partial charge in [-0.1, -0.05) is 45.4 Å². The van der Waals surface area contributed by atoms with Crippen LogP contribution in [0.15, 0.2) is 0 Å². The SMILES string of the molecule is CCS(=O)(=O)CCCC(O)CC1CCCCCC1. The number of aliphatic hydroxyl groups excluding tert-OH is 1. The van der Waals surface area contributed by atoms with Gasteiger partial charge in [-0.25, -0.2) is 8.42 Å². The zero-order valence-electron chi connectivity index (χ0n) is 11.6. The highest BCUT2D eigenvalue weighted by Crippen LogP contribution is 2.27. The highest BCUT2D eigenvalue weighted by atomic mass is 32.2. The van der Waals surface area contributed by atoms with Crippen LogP contribution in [0.5, 0.6) is 0 Å². The van der Waals surface area contributed by atoms with E-state index in [1.165, 1.54) is 38.5 Å². The van der Waals surface area contributed by atoms with Crippen LogP contribution in [0.3, 0.4) is 0 Å². The third-order valence-electron chi connectivity index (χ3n) is 4.01. The summed E-state index contributed by atoms with van der Waals surface area (Å²) in [6.45, 7) is 1.68. The molecule has 1 saturated carbocycles. The van der Waals surface area contributed by atoms with Crippen LogP contribution in [-0.4, -0.2) is 31.1 Å². The summed E-state index contributed by atoms with van der Waals surface area (Å²) in [7, 11) is -2.87. The van der Waals surface area contributed by atoms with E-state index >= 15 is 0 Å². The first-order valence-electron chi connectivity index (χ1n) is 7.42. The third kappa shape index (κ3) is 6.74. The lowest BCUT2D eigenvalue weighted by atomic mass is 9.92. The molecule has 1 N–H and O–H groups in total. The quantitative estimate of drug-likeness (QED) is 0.727. The smallest absolute Gasteiger partial charge is 0.150 e. The fourth-order valence-corrected chi connectivity index (χ4v) is 3.68. The third-order valence-corrected chi connectivity index (χ3v) is 5.80. The van der Waals surface area contributed by atoms with Crippen LogP contribution in [0.2, 0.25) is 0 Å². The van der Waals surface area contributed by atoms with Crippen molar-refractivity contribution in [3.8, 4) is 0 Å². The molecule has 1 atom stereocenters. The van der Waals surface area contributed by atoms with E-state index < -0.39 is 9.84 Å². The number of hydrogen-bond acceptors (Lipinski definition) is 3. The van der Waals surface area contributed by atoms with Crippen molar-refractivity contribution in [3.63, 3.8) is 0 Å². The first-order valence-corrected chi connectivity index (χ1v) is 9.24. The molecule has 0 aromatic rings. The average Bonchev–Trinajstić information content (AvgIpc) is 2.57. The number of sulfone groups is 1. The Morgan fingerprint density at radius 2 is 1.78 bits per heavy atom. The van der Waals surface area contributed by atoms with Gasteiger partial charge in [0.2, 0.25) is 0 Å². The molecule has 0 radical (unpaired) electrons. The second-order valence-corrected chi connectivity index (χ2v) is 8.10. The summed E-state index contributed by atoms with van der Waals surface area (Å²) in [5.41, 5.74) is 0. The van der Waals surface area contributed by atoms with E-state index in [1.807, 2.05) is 0 Å². The van der Waals surface area contributed by atoms with Gasteiger partial charge in [-0.2, -0.15) is 0 Å².